The lowest BCUT2D eigenvalue weighted by molar-refractivity contribution is 1.25. The molecule has 0 N–H and O–H groups in total. The van der Waals surface area contributed by atoms with Crippen molar-refractivity contribution in [3.63, 3.8) is 0 Å². The second-order valence-electron chi connectivity index (χ2n) is 3.38. The molecule has 1 aliphatic carbocycles. The normalized spacial score (nSPS) is 14.7. The monoisotopic (exact) mass is 154 g/mol. The summed E-state index contributed by atoms with van der Waals surface area (Å²) in [6.45, 7) is 9.06. The average molecular weight is 154 g/mol. The largest absolute Gasteiger partial charge is 0.0805 e. The van der Waals surface area contributed by atoms with Crippen LogP contribution in [0.4, 0.5) is 0 Å². The molecule has 1 rings (SSSR count). The number of hydrogen-bond donors (Lipinski definition) is 0. The predicted molar refractivity (Wildman–Crippen MR) is 52.3 cm³/mol. The lowest BCUT2D eigenvalue weighted by Gasteiger charge is -1.78. The van der Waals surface area contributed by atoms with Crippen LogP contribution in [0.3, 0.4) is 0 Å². The van der Waals surface area contributed by atoms with E-state index >= 15 is 0 Å². The number of rotatable bonds is 0. The van der Waals surface area contributed by atoms with Crippen molar-refractivity contribution in [3.05, 3.63) is 23.8 Å². The van der Waals surface area contributed by atoms with Crippen LogP contribution >= 0.6 is 0 Å². The molecule has 0 aromatic heterocycles. The summed E-state index contributed by atoms with van der Waals surface area (Å²) in [5, 5.41) is 0. The van der Waals surface area contributed by atoms with Crippen molar-refractivity contribution in [1.29, 1.82) is 0 Å². The second kappa shape index (κ2) is 5.48. The molecule has 0 saturated carbocycles. The lowest BCUT2D eigenvalue weighted by Crippen LogP contribution is -1.84. The van der Waals surface area contributed by atoms with E-state index in [1.54, 1.807) is 0 Å². The van der Waals surface area contributed by atoms with Crippen LogP contribution in [0.15, 0.2) is 23.8 Å². The van der Waals surface area contributed by atoms with Crippen LogP contribution in [-0.4, -0.2) is 8.80 Å². The van der Waals surface area contributed by atoms with E-state index < -0.39 is 0 Å². The van der Waals surface area contributed by atoms with E-state index in [0.29, 0.717) is 0 Å². The van der Waals surface area contributed by atoms with Gasteiger partial charge in [0.1, 0.15) is 0 Å². The van der Waals surface area contributed by atoms with Crippen LogP contribution in [0.5, 0.6) is 0 Å². The Bertz CT molecular complexity index is 129. The first-order valence-electron chi connectivity index (χ1n) is 3.95. The van der Waals surface area contributed by atoms with E-state index in [2.05, 4.69) is 44.8 Å². The molecule has 0 bridgehead atoms. The fourth-order valence-electron chi connectivity index (χ4n) is 0.554. The van der Waals surface area contributed by atoms with Gasteiger partial charge in [-0.15, -0.1) is 0 Å². The maximum absolute atomic E-state index is 2.31. The topological polar surface area (TPSA) is 0 Å². The van der Waals surface area contributed by atoms with Crippen LogP contribution in [0.25, 0.3) is 0 Å². The zero-order valence-corrected chi connectivity index (χ0v) is 8.67. The van der Waals surface area contributed by atoms with Gasteiger partial charge in [-0.25, -0.2) is 0 Å². The maximum Gasteiger partial charge on any atom is 0.0274 e. The van der Waals surface area contributed by atoms with Crippen molar-refractivity contribution in [3.8, 4) is 0 Å². The summed E-state index contributed by atoms with van der Waals surface area (Å²) in [5.74, 6) is 0. The van der Waals surface area contributed by atoms with Crippen molar-refractivity contribution >= 4 is 8.80 Å². The summed E-state index contributed by atoms with van der Waals surface area (Å²) < 4.78 is 0. The van der Waals surface area contributed by atoms with Gasteiger partial charge in [-0.1, -0.05) is 43.4 Å². The number of allylic oxidation sites excluding steroid dienone is 4. The predicted octanol–water partition coefficient (Wildman–Crippen LogP) is 3.00. The van der Waals surface area contributed by atoms with E-state index in [-0.39, 0.29) is 8.80 Å². The van der Waals surface area contributed by atoms with E-state index in [1.807, 2.05) is 0 Å². The Balaban J connectivity index is 0.000000180. The Labute approximate surface area is 66.3 Å². The molecular weight excluding hydrogens is 136 g/mol. The molecule has 0 radical (unpaired) electrons. The fourth-order valence-corrected chi connectivity index (χ4v) is 0.554. The molecule has 0 aliphatic heterocycles. The molecule has 0 saturated heterocycles. The first-order chi connectivity index (χ1) is 4.63. The molecular formula is C9H18Si. The zero-order valence-electron chi connectivity index (χ0n) is 7.52. The third kappa shape index (κ3) is 7.70. The van der Waals surface area contributed by atoms with Gasteiger partial charge >= 0.3 is 0 Å². The first-order valence-corrected chi connectivity index (χ1v) is 7.41. The molecule has 0 fully saturated rings. The highest BCUT2D eigenvalue weighted by molar-refractivity contribution is 6.54. The van der Waals surface area contributed by atoms with Crippen molar-refractivity contribution < 1.29 is 0 Å². The van der Waals surface area contributed by atoms with Crippen LogP contribution in [0.2, 0.25) is 19.6 Å². The van der Waals surface area contributed by atoms with Gasteiger partial charge in [0.2, 0.25) is 0 Å². The Morgan fingerprint density at radius 3 is 1.90 bits per heavy atom. The van der Waals surface area contributed by atoms with Crippen LogP contribution in [0, 0.1) is 0 Å². The van der Waals surface area contributed by atoms with Crippen LogP contribution in [-0.2, 0) is 0 Å². The first kappa shape index (κ1) is 9.70. The van der Waals surface area contributed by atoms with Gasteiger partial charge in [0.05, 0.1) is 0 Å². The van der Waals surface area contributed by atoms with E-state index in [9.17, 15) is 0 Å². The summed E-state index contributed by atoms with van der Waals surface area (Å²) >= 11 is 0. The third-order valence-corrected chi connectivity index (χ3v) is 0.957. The Morgan fingerprint density at radius 2 is 1.80 bits per heavy atom. The number of hydrogen-bond acceptors (Lipinski definition) is 0. The molecule has 10 heavy (non-hydrogen) atoms. The van der Waals surface area contributed by atoms with Gasteiger partial charge < -0.3 is 0 Å². The van der Waals surface area contributed by atoms with E-state index in [1.165, 1.54) is 12.0 Å². The molecule has 0 aromatic carbocycles. The molecule has 58 valence electrons. The molecule has 0 atom stereocenters. The van der Waals surface area contributed by atoms with Crippen molar-refractivity contribution in [2.45, 2.75) is 33.0 Å². The SMILES string of the molecule is CC1=CC=CC1.C[SiH](C)C. The quantitative estimate of drug-likeness (QED) is 0.471. The van der Waals surface area contributed by atoms with Crippen molar-refractivity contribution in [2.75, 3.05) is 0 Å². The molecule has 0 unspecified atom stereocenters. The van der Waals surface area contributed by atoms with Gasteiger partial charge in [0.15, 0.2) is 0 Å². The highest BCUT2D eigenvalue weighted by Crippen LogP contribution is 2.06. The molecule has 1 aliphatic rings. The summed E-state index contributed by atoms with van der Waals surface area (Å²) in [6, 6.07) is 0. The minimum absolute atomic E-state index is 0.139. The van der Waals surface area contributed by atoms with Gasteiger partial charge in [0.25, 0.3) is 0 Å². The summed E-state index contributed by atoms with van der Waals surface area (Å²) in [7, 11) is -0.139. The minimum atomic E-state index is -0.139. The fraction of sp³-hybridized carbons (Fsp3) is 0.556. The molecule has 0 aromatic rings. The summed E-state index contributed by atoms with van der Waals surface area (Å²) in [5.41, 5.74) is 1.47. The maximum atomic E-state index is 2.31. The van der Waals surface area contributed by atoms with Gasteiger partial charge in [-0.2, -0.15) is 0 Å². The van der Waals surface area contributed by atoms with Gasteiger partial charge in [0, 0.05) is 8.80 Å². The molecule has 1 heteroatoms. The van der Waals surface area contributed by atoms with Crippen LogP contribution < -0.4 is 0 Å². The Morgan fingerprint density at radius 1 is 1.30 bits per heavy atom. The highest BCUT2D eigenvalue weighted by atomic mass is 28.3. The molecule has 0 heterocycles. The van der Waals surface area contributed by atoms with Gasteiger partial charge in [-0.3, -0.25) is 0 Å². The Hall–Kier alpha value is -0.303. The Kier molecular flexibility index (Phi) is 5.31. The zero-order chi connectivity index (χ0) is 7.98. The smallest absolute Gasteiger partial charge is 0.0274 e. The average Bonchev–Trinajstić information content (AvgIpc) is 2.15. The molecule has 0 amide bonds. The van der Waals surface area contributed by atoms with E-state index in [0.717, 1.165) is 0 Å². The van der Waals surface area contributed by atoms with Crippen LogP contribution in [0.1, 0.15) is 13.3 Å². The summed E-state index contributed by atoms with van der Waals surface area (Å²) in [4.78, 5) is 0. The van der Waals surface area contributed by atoms with Crippen molar-refractivity contribution in [1.82, 2.24) is 0 Å². The van der Waals surface area contributed by atoms with E-state index in [4.69, 9.17) is 0 Å². The third-order valence-electron chi connectivity index (χ3n) is 0.957. The van der Waals surface area contributed by atoms with Gasteiger partial charge in [-0.05, 0) is 13.3 Å². The second-order valence-corrected chi connectivity index (χ2v) is 6.84. The molecule has 0 spiro atoms. The highest BCUT2D eigenvalue weighted by Gasteiger charge is 1.86. The lowest BCUT2D eigenvalue weighted by atomic mass is 10.3. The standard InChI is InChI=1S/C6H8.C3H10Si/c1-6-4-2-3-5-6;1-4(2)3/h2-4H,5H2,1H3;4H,1-3H3. The summed E-state index contributed by atoms with van der Waals surface area (Å²) in [6.07, 6.45) is 7.56. The van der Waals surface area contributed by atoms with Crippen molar-refractivity contribution in [2.24, 2.45) is 0 Å². The molecule has 0 nitrogen and oxygen atoms in total. The minimum Gasteiger partial charge on any atom is -0.0805 e.